The Morgan fingerprint density at radius 1 is 1.35 bits per heavy atom. The third-order valence-corrected chi connectivity index (χ3v) is 2.51. The molecule has 1 aromatic heterocycles. The Morgan fingerprint density at radius 2 is 2.06 bits per heavy atom. The van der Waals surface area contributed by atoms with Gasteiger partial charge in [-0.2, -0.15) is 5.10 Å². The van der Waals surface area contributed by atoms with Crippen molar-refractivity contribution in [2.75, 3.05) is 5.32 Å². The Hall–Kier alpha value is -2.14. The number of nitrogens with two attached hydrogens (primary N) is 1. The Morgan fingerprint density at radius 3 is 2.65 bits per heavy atom. The smallest absolute Gasteiger partial charge is 0.247 e. The fourth-order valence-corrected chi connectivity index (χ4v) is 1.51. The molecule has 5 nitrogen and oxygen atoms in total. The van der Waals surface area contributed by atoms with Crippen LogP contribution in [0.2, 0.25) is 0 Å². The number of amides is 1. The van der Waals surface area contributed by atoms with Crippen LogP contribution in [0.25, 0.3) is 0 Å². The maximum Gasteiger partial charge on any atom is 0.247 e. The summed E-state index contributed by atoms with van der Waals surface area (Å²) in [6, 6.07) is 10.3. The van der Waals surface area contributed by atoms with E-state index in [0.29, 0.717) is 5.82 Å². The zero-order valence-electron chi connectivity index (χ0n) is 9.50. The molecule has 1 amide bonds. The SMILES string of the molecule is Cn1nccc1NC(=O)[C@H](N)c1ccccc1. The maximum absolute atomic E-state index is 11.9. The van der Waals surface area contributed by atoms with Gasteiger partial charge in [0.1, 0.15) is 11.9 Å². The Bertz CT molecular complexity index is 506. The first kappa shape index (κ1) is 11.3. The molecule has 3 N–H and O–H groups in total. The molecule has 0 saturated heterocycles. The summed E-state index contributed by atoms with van der Waals surface area (Å²) in [7, 11) is 1.75. The van der Waals surface area contributed by atoms with Gasteiger partial charge >= 0.3 is 0 Å². The number of hydrogen-bond donors (Lipinski definition) is 2. The first-order chi connectivity index (χ1) is 8.18. The highest BCUT2D eigenvalue weighted by molar-refractivity contribution is 5.94. The quantitative estimate of drug-likeness (QED) is 0.828. The fourth-order valence-electron chi connectivity index (χ4n) is 1.51. The summed E-state index contributed by atoms with van der Waals surface area (Å²) in [6.45, 7) is 0. The molecule has 0 aliphatic heterocycles. The number of carbonyl (C=O) groups excluding carboxylic acids is 1. The van der Waals surface area contributed by atoms with E-state index in [1.54, 1.807) is 24.0 Å². The van der Waals surface area contributed by atoms with Crippen LogP contribution in [0.4, 0.5) is 5.82 Å². The van der Waals surface area contributed by atoms with E-state index in [2.05, 4.69) is 10.4 Å². The van der Waals surface area contributed by atoms with Crippen LogP contribution in [0.3, 0.4) is 0 Å². The molecule has 0 aliphatic carbocycles. The minimum Gasteiger partial charge on any atom is -0.316 e. The lowest BCUT2D eigenvalue weighted by atomic mass is 10.1. The molecule has 5 heteroatoms. The number of carbonyl (C=O) groups is 1. The van der Waals surface area contributed by atoms with E-state index >= 15 is 0 Å². The average Bonchev–Trinajstić information content (AvgIpc) is 2.75. The Balaban J connectivity index is 2.09. The van der Waals surface area contributed by atoms with Crippen molar-refractivity contribution in [1.82, 2.24) is 9.78 Å². The molecule has 0 radical (unpaired) electrons. The van der Waals surface area contributed by atoms with Crippen LogP contribution in [0.15, 0.2) is 42.6 Å². The number of hydrogen-bond acceptors (Lipinski definition) is 3. The van der Waals surface area contributed by atoms with Gasteiger partial charge in [0.05, 0.1) is 6.20 Å². The predicted octanol–water partition coefficient (Wildman–Crippen LogP) is 1.06. The van der Waals surface area contributed by atoms with Crippen LogP contribution in [-0.2, 0) is 11.8 Å². The molecule has 0 spiro atoms. The van der Waals surface area contributed by atoms with Gasteiger partial charge in [0.15, 0.2) is 0 Å². The molecule has 1 atom stereocenters. The minimum absolute atomic E-state index is 0.250. The molecule has 0 bridgehead atoms. The van der Waals surface area contributed by atoms with Crippen molar-refractivity contribution in [1.29, 1.82) is 0 Å². The highest BCUT2D eigenvalue weighted by Crippen LogP contribution is 2.12. The second kappa shape index (κ2) is 4.80. The van der Waals surface area contributed by atoms with Crippen LogP contribution in [0.5, 0.6) is 0 Å². The maximum atomic E-state index is 11.9. The third kappa shape index (κ3) is 2.51. The summed E-state index contributed by atoms with van der Waals surface area (Å²) >= 11 is 0. The zero-order chi connectivity index (χ0) is 12.3. The highest BCUT2D eigenvalue weighted by atomic mass is 16.2. The van der Waals surface area contributed by atoms with Gasteiger partial charge in [-0.05, 0) is 5.56 Å². The summed E-state index contributed by atoms with van der Waals surface area (Å²) in [5.74, 6) is 0.376. The van der Waals surface area contributed by atoms with Gasteiger partial charge in [-0.3, -0.25) is 9.48 Å². The summed E-state index contributed by atoms with van der Waals surface area (Å²) in [5, 5.41) is 6.69. The van der Waals surface area contributed by atoms with Crippen molar-refractivity contribution >= 4 is 11.7 Å². The molecule has 0 fully saturated rings. The molecular formula is C12H14N4O. The molecule has 2 aromatic rings. The number of nitrogens with one attached hydrogen (secondary N) is 1. The van der Waals surface area contributed by atoms with Crippen molar-refractivity contribution in [3.63, 3.8) is 0 Å². The van der Waals surface area contributed by atoms with Crippen molar-refractivity contribution in [3.05, 3.63) is 48.2 Å². The Kier molecular flexibility index (Phi) is 3.20. The first-order valence-corrected chi connectivity index (χ1v) is 5.28. The van der Waals surface area contributed by atoms with Crippen molar-refractivity contribution in [3.8, 4) is 0 Å². The second-order valence-electron chi connectivity index (χ2n) is 3.72. The van der Waals surface area contributed by atoms with E-state index in [1.165, 1.54) is 0 Å². The standard InChI is InChI=1S/C12H14N4O/c1-16-10(7-8-14-16)15-12(17)11(13)9-5-3-2-4-6-9/h2-8,11H,13H2,1H3,(H,15,17)/t11-/m1/s1. The fraction of sp³-hybridized carbons (Fsp3) is 0.167. The molecule has 1 aromatic carbocycles. The molecule has 0 aliphatic rings. The van der Waals surface area contributed by atoms with Gasteiger partial charge in [0, 0.05) is 13.1 Å². The lowest BCUT2D eigenvalue weighted by Crippen LogP contribution is -2.28. The summed E-state index contributed by atoms with van der Waals surface area (Å²) in [6.07, 6.45) is 1.61. The van der Waals surface area contributed by atoms with E-state index in [-0.39, 0.29) is 5.91 Å². The predicted molar refractivity (Wildman–Crippen MR) is 65.2 cm³/mol. The second-order valence-corrected chi connectivity index (χ2v) is 3.72. The topological polar surface area (TPSA) is 72.9 Å². The average molecular weight is 230 g/mol. The molecule has 2 rings (SSSR count). The molecule has 0 unspecified atom stereocenters. The number of aryl methyl sites for hydroxylation is 1. The molecular weight excluding hydrogens is 216 g/mol. The van der Waals surface area contributed by atoms with Crippen LogP contribution in [0.1, 0.15) is 11.6 Å². The highest BCUT2D eigenvalue weighted by Gasteiger charge is 2.16. The zero-order valence-corrected chi connectivity index (χ0v) is 9.50. The normalized spacial score (nSPS) is 12.1. The van der Waals surface area contributed by atoms with Crippen molar-refractivity contribution in [2.24, 2.45) is 12.8 Å². The van der Waals surface area contributed by atoms with E-state index in [4.69, 9.17) is 5.73 Å². The number of aromatic nitrogens is 2. The molecule has 88 valence electrons. The lowest BCUT2D eigenvalue weighted by molar-refractivity contribution is -0.117. The van der Waals surface area contributed by atoms with Gasteiger partial charge in [-0.1, -0.05) is 30.3 Å². The van der Waals surface area contributed by atoms with Gasteiger partial charge in [0.25, 0.3) is 0 Å². The van der Waals surface area contributed by atoms with Crippen molar-refractivity contribution < 1.29 is 4.79 Å². The summed E-state index contributed by atoms with van der Waals surface area (Å²) in [5.41, 5.74) is 6.65. The number of anilines is 1. The lowest BCUT2D eigenvalue weighted by Gasteiger charge is -2.12. The minimum atomic E-state index is -0.675. The van der Waals surface area contributed by atoms with Gasteiger partial charge < -0.3 is 11.1 Å². The number of benzene rings is 1. The summed E-state index contributed by atoms with van der Waals surface area (Å²) < 4.78 is 1.58. The van der Waals surface area contributed by atoms with E-state index in [1.807, 2.05) is 30.3 Å². The van der Waals surface area contributed by atoms with Gasteiger partial charge in [-0.25, -0.2) is 0 Å². The van der Waals surface area contributed by atoms with Crippen LogP contribution in [-0.4, -0.2) is 15.7 Å². The van der Waals surface area contributed by atoms with Crippen molar-refractivity contribution in [2.45, 2.75) is 6.04 Å². The molecule has 17 heavy (non-hydrogen) atoms. The monoisotopic (exact) mass is 230 g/mol. The van der Waals surface area contributed by atoms with E-state index in [0.717, 1.165) is 5.56 Å². The Labute approximate surface area is 99.2 Å². The van der Waals surface area contributed by atoms with Crippen LogP contribution < -0.4 is 11.1 Å². The third-order valence-electron chi connectivity index (χ3n) is 2.51. The van der Waals surface area contributed by atoms with E-state index in [9.17, 15) is 4.79 Å². The van der Waals surface area contributed by atoms with Crippen LogP contribution >= 0.6 is 0 Å². The van der Waals surface area contributed by atoms with Gasteiger partial charge in [0.2, 0.25) is 5.91 Å². The molecule has 1 heterocycles. The number of nitrogens with zero attached hydrogens (tertiary/aromatic N) is 2. The largest absolute Gasteiger partial charge is 0.316 e. The number of rotatable bonds is 3. The van der Waals surface area contributed by atoms with E-state index < -0.39 is 6.04 Å². The summed E-state index contributed by atoms with van der Waals surface area (Å²) in [4.78, 5) is 11.9. The first-order valence-electron chi connectivity index (χ1n) is 5.28. The van der Waals surface area contributed by atoms with Crippen LogP contribution in [0, 0.1) is 0 Å². The molecule has 0 saturated carbocycles. The van der Waals surface area contributed by atoms with Gasteiger partial charge in [-0.15, -0.1) is 0 Å².